The summed E-state index contributed by atoms with van der Waals surface area (Å²) < 4.78 is 18.5. The Kier molecular flexibility index (Phi) is 10.3. The van der Waals surface area contributed by atoms with Crippen LogP contribution in [-0.2, 0) is 9.59 Å². The van der Waals surface area contributed by atoms with E-state index in [9.17, 15) is 14.0 Å². The first-order chi connectivity index (χ1) is 13.7. The zero-order valence-electron chi connectivity index (χ0n) is 16.5. The zero-order valence-corrected chi connectivity index (χ0v) is 17.3. The van der Waals surface area contributed by atoms with Gasteiger partial charge < -0.3 is 20.3 Å². The summed E-state index contributed by atoms with van der Waals surface area (Å²) in [5.74, 6) is -1.13. The molecule has 8 heteroatoms. The van der Waals surface area contributed by atoms with Crippen LogP contribution in [0.2, 0.25) is 5.02 Å². The summed E-state index contributed by atoms with van der Waals surface area (Å²) in [6, 6.07) is 3.92. The quantitative estimate of drug-likeness (QED) is 0.425. The van der Waals surface area contributed by atoms with Gasteiger partial charge in [0.05, 0.1) is 5.02 Å². The number of ether oxygens (including phenoxy) is 1. The van der Waals surface area contributed by atoms with Gasteiger partial charge in [0.2, 0.25) is 5.91 Å². The zero-order chi connectivity index (χ0) is 21.8. The van der Waals surface area contributed by atoms with Gasteiger partial charge in [-0.2, -0.15) is 0 Å². The molecule has 156 valence electrons. The Morgan fingerprint density at radius 3 is 2.69 bits per heavy atom. The molecule has 0 radical (unpaired) electrons. The van der Waals surface area contributed by atoms with Gasteiger partial charge in [-0.1, -0.05) is 36.9 Å². The van der Waals surface area contributed by atoms with Gasteiger partial charge in [-0.25, -0.2) is 4.39 Å². The molecule has 1 aromatic carbocycles. The number of likely N-dealkylation sites (N-methyl/N-ethyl adjacent to an activating group) is 1. The lowest BCUT2D eigenvalue weighted by Gasteiger charge is -2.14. The normalized spacial score (nSPS) is 11.1. The predicted molar refractivity (Wildman–Crippen MR) is 113 cm³/mol. The van der Waals surface area contributed by atoms with Crippen molar-refractivity contribution in [2.24, 2.45) is 0 Å². The van der Waals surface area contributed by atoms with Crippen molar-refractivity contribution in [1.29, 1.82) is 0 Å². The highest BCUT2D eigenvalue weighted by Crippen LogP contribution is 2.20. The second-order valence-electron chi connectivity index (χ2n) is 6.12. The molecule has 6 nitrogen and oxygen atoms in total. The number of amides is 2. The maximum Gasteiger partial charge on any atom is 0.257 e. The summed E-state index contributed by atoms with van der Waals surface area (Å²) in [6.07, 6.45) is 6.87. The molecule has 2 N–H and O–H groups in total. The fourth-order valence-electron chi connectivity index (χ4n) is 2.02. The Morgan fingerprint density at radius 2 is 2.07 bits per heavy atom. The summed E-state index contributed by atoms with van der Waals surface area (Å²) in [7, 11) is 3.63. The van der Waals surface area contributed by atoms with Crippen LogP contribution >= 0.6 is 11.6 Å². The van der Waals surface area contributed by atoms with Gasteiger partial charge in [0, 0.05) is 50.6 Å². The van der Waals surface area contributed by atoms with Crippen LogP contribution in [-0.4, -0.2) is 44.0 Å². The van der Waals surface area contributed by atoms with Crippen molar-refractivity contribution < 1.29 is 18.7 Å². The van der Waals surface area contributed by atoms with Gasteiger partial charge in [-0.15, -0.1) is 0 Å². The SMILES string of the molecule is C=C/C=C\C(=C\C(=O)NC(=C)CCNC(=O)COc1ccc(Cl)c(F)c1)N(C)C. The van der Waals surface area contributed by atoms with Gasteiger partial charge in [-0.3, -0.25) is 9.59 Å². The predicted octanol–water partition coefficient (Wildman–Crippen LogP) is 3.18. The van der Waals surface area contributed by atoms with Gasteiger partial charge in [0.1, 0.15) is 11.6 Å². The summed E-state index contributed by atoms with van der Waals surface area (Å²) in [5.41, 5.74) is 1.15. The Bertz CT molecular complexity index is 819. The third-order valence-corrected chi connectivity index (χ3v) is 3.81. The monoisotopic (exact) mass is 421 g/mol. The van der Waals surface area contributed by atoms with E-state index in [-0.39, 0.29) is 35.7 Å². The molecule has 0 heterocycles. The molecule has 0 saturated heterocycles. The number of benzene rings is 1. The van der Waals surface area contributed by atoms with E-state index >= 15 is 0 Å². The average Bonchev–Trinajstić information content (AvgIpc) is 2.65. The Hall–Kier alpha value is -3.06. The molecule has 0 aliphatic rings. The molecular weight excluding hydrogens is 397 g/mol. The van der Waals surface area contributed by atoms with E-state index in [1.165, 1.54) is 18.2 Å². The number of carbonyl (C=O) groups is 2. The summed E-state index contributed by atoms with van der Waals surface area (Å²) >= 11 is 5.58. The molecule has 0 bridgehead atoms. The minimum Gasteiger partial charge on any atom is -0.484 e. The molecule has 0 atom stereocenters. The molecule has 1 rings (SSSR count). The molecule has 1 aromatic rings. The highest BCUT2D eigenvalue weighted by Gasteiger charge is 2.07. The Labute approximate surface area is 175 Å². The number of halogens is 2. The Balaban J connectivity index is 2.37. The van der Waals surface area contributed by atoms with Crippen molar-refractivity contribution in [2.75, 3.05) is 27.2 Å². The van der Waals surface area contributed by atoms with Gasteiger partial charge >= 0.3 is 0 Å². The largest absolute Gasteiger partial charge is 0.484 e. The lowest BCUT2D eigenvalue weighted by molar-refractivity contribution is -0.123. The van der Waals surface area contributed by atoms with Crippen molar-refractivity contribution in [3.8, 4) is 5.75 Å². The molecule has 29 heavy (non-hydrogen) atoms. The smallest absolute Gasteiger partial charge is 0.257 e. The van der Waals surface area contributed by atoms with Gasteiger partial charge in [0.15, 0.2) is 6.61 Å². The summed E-state index contributed by atoms with van der Waals surface area (Å²) in [5, 5.41) is 5.26. The fraction of sp³-hybridized carbons (Fsp3) is 0.238. The van der Waals surface area contributed by atoms with E-state index in [0.29, 0.717) is 17.8 Å². The van der Waals surface area contributed by atoms with Crippen LogP contribution < -0.4 is 15.4 Å². The van der Waals surface area contributed by atoms with E-state index in [2.05, 4.69) is 23.8 Å². The van der Waals surface area contributed by atoms with Crippen LogP contribution in [0.25, 0.3) is 0 Å². The fourth-order valence-corrected chi connectivity index (χ4v) is 2.14. The molecule has 2 amide bonds. The van der Waals surface area contributed by atoms with E-state index in [4.69, 9.17) is 16.3 Å². The van der Waals surface area contributed by atoms with E-state index < -0.39 is 5.82 Å². The highest BCUT2D eigenvalue weighted by atomic mass is 35.5. The van der Waals surface area contributed by atoms with Crippen molar-refractivity contribution >= 4 is 23.4 Å². The number of hydrogen-bond acceptors (Lipinski definition) is 4. The van der Waals surface area contributed by atoms with Gasteiger partial charge in [-0.05, 0) is 18.2 Å². The van der Waals surface area contributed by atoms with Crippen molar-refractivity contribution in [3.63, 3.8) is 0 Å². The van der Waals surface area contributed by atoms with Crippen LogP contribution in [0, 0.1) is 5.82 Å². The molecule has 0 unspecified atom stereocenters. The number of nitrogens with one attached hydrogen (secondary N) is 2. The average molecular weight is 422 g/mol. The Morgan fingerprint density at radius 1 is 1.34 bits per heavy atom. The maximum absolute atomic E-state index is 13.3. The van der Waals surface area contributed by atoms with Crippen LogP contribution in [0.4, 0.5) is 4.39 Å². The van der Waals surface area contributed by atoms with Crippen molar-refractivity contribution in [1.82, 2.24) is 15.5 Å². The highest BCUT2D eigenvalue weighted by molar-refractivity contribution is 6.30. The third kappa shape index (κ3) is 9.62. The van der Waals surface area contributed by atoms with Crippen LogP contribution in [0.1, 0.15) is 6.42 Å². The van der Waals surface area contributed by atoms with Crippen LogP contribution in [0.15, 0.2) is 67.1 Å². The maximum atomic E-state index is 13.3. The number of carbonyl (C=O) groups excluding carboxylic acids is 2. The van der Waals surface area contributed by atoms with Crippen LogP contribution in [0.3, 0.4) is 0 Å². The lowest BCUT2D eigenvalue weighted by atomic mass is 10.3. The standard InChI is InChI=1S/C21H25ClFN3O3/c1-5-6-7-16(26(3)4)12-20(27)25-15(2)10-11-24-21(28)14-29-17-8-9-18(22)19(23)13-17/h5-9,12-13H,1-2,10-11,14H2,3-4H3,(H,24,28)(H,25,27)/b7-6-,16-12-. The first-order valence-corrected chi connectivity index (χ1v) is 9.12. The molecule has 0 aliphatic carbocycles. The molecule has 0 spiro atoms. The minimum absolute atomic E-state index is 0.0216. The van der Waals surface area contributed by atoms with E-state index in [1.54, 1.807) is 23.1 Å². The van der Waals surface area contributed by atoms with Gasteiger partial charge in [0.25, 0.3) is 5.91 Å². The number of nitrogens with zero attached hydrogens (tertiary/aromatic N) is 1. The number of allylic oxidation sites excluding steroid dienone is 3. The van der Waals surface area contributed by atoms with E-state index in [0.717, 1.165) is 6.07 Å². The van der Waals surface area contributed by atoms with Crippen molar-refractivity contribution in [2.45, 2.75) is 6.42 Å². The summed E-state index contributed by atoms with van der Waals surface area (Å²) in [6.45, 7) is 7.35. The van der Waals surface area contributed by atoms with Crippen LogP contribution in [0.5, 0.6) is 5.75 Å². The first kappa shape index (κ1) is 24.0. The molecular formula is C21H25ClFN3O3. The number of hydrogen-bond donors (Lipinski definition) is 2. The summed E-state index contributed by atoms with van der Waals surface area (Å²) in [4.78, 5) is 25.6. The second kappa shape index (κ2) is 12.4. The number of rotatable bonds is 11. The molecule has 0 saturated carbocycles. The first-order valence-electron chi connectivity index (χ1n) is 8.74. The van der Waals surface area contributed by atoms with Crippen molar-refractivity contribution in [3.05, 3.63) is 77.9 Å². The van der Waals surface area contributed by atoms with E-state index in [1.807, 2.05) is 14.1 Å². The topological polar surface area (TPSA) is 70.7 Å². The lowest BCUT2D eigenvalue weighted by Crippen LogP contribution is -2.31. The second-order valence-corrected chi connectivity index (χ2v) is 6.52. The minimum atomic E-state index is -0.622. The molecule has 0 aromatic heterocycles. The molecule has 0 fully saturated rings. The third-order valence-electron chi connectivity index (χ3n) is 3.51. The molecule has 0 aliphatic heterocycles.